The Kier molecular flexibility index (Phi) is 3.23. The summed E-state index contributed by atoms with van der Waals surface area (Å²) >= 11 is 12.0. The molecular formula is C16H12Cl2O2. The summed E-state index contributed by atoms with van der Waals surface area (Å²) in [7, 11) is 0. The molecule has 4 heteroatoms. The Hall–Kier alpha value is -1.51. The van der Waals surface area contributed by atoms with E-state index in [1.54, 1.807) is 12.1 Å². The second kappa shape index (κ2) is 4.80. The lowest BCUT2D eigenvalue weighted by molar-refractivity contribution is 0.0504. The fraction of sp³-hybridized carbons (Fsp3) is 0.188. The van der Waals surface area contributed by atoms with Gasteiger partial charge in [0, 0.05) is 6.07 Å². The highest BCUT2D eigenvalue weighted by molar-refractivity contribution is 6.42. The fourth-order valence-corrected chi connectivity index (χ4v) is 2.78. The van der Waals surface area contributed by atoms with Gasteiger partial charge in [-0.2, -0.15) is 0 Å². The van der Waals surface area contributed by atoms with Crippen LogP contribution < -0.4 is 4.74 Å². The maximum Gasteiger partial charge on any atom is 0.170 e. The van der Waals surface area contributed by atoms with Gasteiger partial charge in [0.25, 0.3) is 0 Å². The van der Waals surface area contributed by atoms with Crippen LogP contribution in [0.1, 0.15) is 29.3 Å². The number of ketones is 1. The molecule has 0 radical (unpaired) electrons. The van der Waals surface area contributed by atoms with E-state index in [-0.39, 0.29) is 12.2 Å². The van der Waals surface area contributed by atoms with Gasteiger partial charge in [-0.05, 0) is 18.6 Å². The van der Waals surface area contributed by atoms with Crippen molar-refractivity contribution in [3.05, 3.63) is 63.6 Å². The van der Waals surface area contributed by atoms with Crippen molar-refractivity contribution in [3.63, 3.8) is 0 Å². The minimum absolute atomic E-state index is 0.0103. The summed E-state index contributed by atoms with van der Waals surface area (Å²) in [6.07, 6.45) is 0.280. The Morgan fingerprint density at radius 2 is 1.75 bits per heavy atom. The molecule has 1 atom stereocenters. The van der Waals surface area contributed by atoms with Crippen LogP contribution >= 0.6 is 23.2 Å². The summed E-state index contributed by atoms with van der Waals surface area (Å²) in [5.41, 5.74) is 0.778. The van der Waals surface area contributed by atoms with Gasteiger partial charge < -0.3 is 4.74 Å². The van der Waals surface area contributed by atoms with Crippen LogP contribution in [-0.4, -0.2) is 5.78 Å². The molecule has 1 aliphatic rings. The van der Waals surface area contributed by atoms with Gasteiger partial charge in [0.05, 0.1) is 22.0 Å². The molecule has 1 heterocycles. The van der Waals surface area contributed by atoms with Crippen molar-refractivity contribution in [2.45, 2.75) is 18.9 Å². The van der Waals surface area contributed by atoms with Crippen LogP contribution in [0.4, 0.5) is 0 Å². The van der Waals surface area contributed by atoms with E-state index < -0.39 is 5.60 Å². The number of carbonyl (C=O) groups is 1. The van der Waals surface area contributed by atoms with Gasteiger partial charge in [-0.1, -0.05) is 53.5 Å². The smallest absolute Gasteiger partial charge is 0.170 e. The van der Waals surface area contributed by atoms with Crippen molar-refractivity contribution >= 4 is 29.0 Å². The van der Waals surface area contributed by atoms with Crippen LogP contribution in [0.25, 0.3) is 0 Å². The van der Waals surface area contributed by atoms with Gasteiger partial charge in [0.15, 0.2) is 5.78 Å². The zero-order valence-corrected chi connectivity index (χ0v) is 12.3. The normalized spacial score (nSPS) is 21.2. The van der Waals surface area contributed by atoms with Crippen molar-refractivity contribution in [1.29, 1.82) is 0 Å². The van der Waals surface area contributed by atoms with Crippen molar-refractivity contribution < 1.29 is 9.53 Å². The van der Waals surface area contributed by atoms with Gasteiger partial charge in [-0.25, -0.2) is 0 Å². The minimum atomic E-state index is -0.678. The standard InChI is InChI=1S/C16H12Cl2O2/c1-16(10-5-3-2-4-6-10)9-14(19)11-7-12(17)13(18)8-15(11)20-16/h2-8H,9H2,1H3. The second-order valence-corrected chi connectivity index (χ2v) is 5.88. The Labute approximate surface area is 127 Å². The molecule has 102 valence electrons. The summed E-state index contributed by atoms with van der Waals surface area (Å²) in [6, 6.07) is 12.9. The van der Waals surface area contributed by atoms with E-state index in [0.717, 1.165) is 5.56 Å². The quantitative estimate of drug-likeness (QED) is 0.751. The van der Waals surface area contributed by atoms with Crippen molar-refractivity contribution in [1.82, 2.24) is 0 Å². The first-order valence-corrected chi connectivity index (χ1v) is 7.02. The van der Waals surface area contributed by atoms with E-state index in [0.29, 0.717) is 21.4 Å². The predicted octanol–water partition coefficient (Wildman–Crippen LogP) is 4.87. The van der Waals surface area contributed by atoms with E-state index in [1.165, 1.54) is 0 Å². The first-order chi connectivity index (χ1) is 9.49. The van der Waals surface area contributed by atoms with Crippen molar-refractivity contribution in [3.8, 4) is 5.75 Å². The molecule has 0 amide bonds. The Morgan fingerprint density at radius 1 is 1.10 bits per heavy atom. The van der Waals surface area contributed by atoms with Crippen LogP contribution in [0.2, 0.25) is 10.0 Å². The molecule has 2 nitrogen and oxygen atoms in total. The van der Waals surface area contributed by atoms with Gasteiger partial charge in [-0.15, -0.1) is 0 Å². The number of ether oxygens (including phenoxy) is 1. The second-order valence-electron chi connectivity index (χ2n) is 5.06. The van der Waals surface area contributed by atoms with Crippen LogP contribution in [0.15, 0.2) is 42.5 Å². The lowest BCUT2D eigenvalue weighted by atomic mass is 9.86. The molecule has 1 aliphatic heterocycles. The van der Waals surface area contributed by atoms with E-state index >= 15 is 0 Å². The first kappa shape index (κ1) is 13.5. The average molecular weight is 307 g/mol. The number of halogens is 2. The molecule has 0 saturated heterocycles. The molecule has 1 unspecified atom stereocenters. The Balaban J connectivity index is 2.09. The third-order valence-electron chi connectivity index (χ3n) is 3.54. The lowest BCUT2D eigenvalue weighted by Gasteiger charge is -2.35. The highest BCUT2D eigenvalue weighted by Crippen LogP contribution is 2.42. The zero-order chi connectivity index (χ0) is 14.3. The lowest BCUT2D eigenvalue weighted by Crippen LogP contribution is -2.36. The topological polar surface area (TPSA) is 26.3 Å². The molecule has 0 bridgehead atoms. The van der Waals surface area contributed by atoms with Crippen molar-refractivity contribution in [2.75, 3.05) is 0 Å². The number of benzene rings is 2. The van der Waals surface area contributed by atoms with Gasteiger partial charge in [0.2, 0.25) is 0 Å². The van der Waals surface area contributed by atoms with E-state index in [2.05, 4.69) is 0 Å². The molecule has 2 aromatic rings. The maximum atomic E-state index is 12.4. The van der Waals surface area contributed by atoms with Gasteiger partial charge in [-0.3, -0.25) is 4.79 Å². The number of rotatable bonds is 1. The van der Waals surface area contributed by atoms with E-state index in [9.17, 15) is 4.79 Å². The number of hydrogen-bond donors (Lipinski definition) is 0. The fourth-order valence-electron chi connectivity index (χ4n) is 2.46. The van der Waals surface area contributed by atoms with Gasteiger partial charge in [0.1, 0.15) is 11.4 Å². The van der Waals surface area contributed by atoms with Crippen LogP contribution in [0, 0.1) is 0 Å². The number of Topliss-reactive ketones (excluding diaryl/α,β-unsaturated/α-hetero) is 1. The van der Waals surface area contributed by atoms with Crippen LogP contribution in [0.3, 0.4) is 0 Å². The molecular weight excluding hydrogens is 295 g/mol. The summed E-state index contributed by atoms with van der Waals surface area (Å²) in [5.74, 6) is 0.498. The molecule has 0 spiro atoms. The third kappa shape index (κ3) is 2.19. The van der Waals surface area contributed by atoms with Crippen LogP contribution in [-0.2, 0) is 5.60 Å². The maximum absolute atomic E-state index is 12.4. The van der Waals surface area contributed by atoms with Gasteiger partial charge >= 0.3 is 0 Å². The molecule has 0 aromatic heterocycles. The molecule has 3 rings (SSSR count). The van der Waals surface area contributed by atoms with Crippen LogP contribution in [0.5, 0.6) is 5.75 Å². The van der Waals surface area contributed by atoms with E-state index in [1.807, 2.05) is 37.3 Å². The third-order valence-corrected chi connectivity index (χ3v) is 4.26. The highest BCUT2D eigenvalue weighted by Gasteiger charge is 2.38. The largest absolute Gasteiger partial charge is 0.482 e. The molecule has 0 saturated carbocycles. The van der Waals surface area contributed by atoms with E-state index in [4.69, 9.17) is 27.9 Å². The summed E-state index contributed by atoms with van der Waals surface area (Å²) < 4.78 is 6.05. The molecule has 0 N–H and O–H groups in total. The molecule has 20 heavy (non-hydrogen) atoms. The SMILES string of the molecule is CC1(c2ccccc2)CC(=O)c2cc(Cl)c(Cl)cc2O1. The number of fused-ring (bicyclic) bond motifs is 1. The van der Waals surface area contributed by atoms with Crippen molar-refractivity contribution in [2.24, 2.45) is 0 Å². The summed E-state index contributed by atoms with van der Waals surface area (Å²) in [6.45, 7) is 1.91. The average Bonchev–Trinajstić information content (AvgIpc) is 2.42. The number of carbonyl (C=O) groups excluding carboxylic acids is 1. The Morgan fingerprint density at radius 3 is 2.45 bits per heavy atom. The minimum Gasteiger partial charge on any atom is -0.482 e. The molecule has 2 aromatic carbocycles. The molecule has 0 aliphatic carbocycles. The number of hydrogen-bond acceptors (Lipinski definition) is 2. The first-order valence-electron chi connectivity index (χ1n) is 6.26. The summed E-state index contributed by atoms with van der Waals surface area (Å²) in [5, 5.41) is 0.751. The zero-order valence-electron chi connectivity index (χ0n) is 10.8. The Bertz CT molecular complexity index is 682. The predicted molar refractivity (Wildman–Crippen MR) is 79.8 cm³/mol. The highest BCUT2D eigenvalue weighted by atomic mass is 35.5. The monoisotopic (exact) mass is 306 g/mol. The summed E-state index contributed by atoms with van der Waals surface area (Å²) in [4.78, 5) is 12.4. The molecule has 0 fully saturated rings.